The first-order valence-electron chi connectivity index (χ1n) is 7.90. The van der Waals surface area contributed by atoms with Gasteiger partial charge in [0, 0.05) is 11.8 Å². The van der Waals surface area contributed by atoms with Crippen molar-refractivity contribution in [3.63, 3.8) is 0 Å². The molecule has 1 heterocycles. The predicted octanol–water partition coefficient (Wildman–Crippen LogP) is 4.38. The molecule has 0 aliphatic rings. The van der Waals surface area contributed by atoms with Crippen molar-refractivity contribution in [2.45, 2.75) is 0 Å². The third-order valence-corrected chi connectivity index (χ3v) is 4.07. The predicted molar refractivity (Wildman–Crippen MR) is 103 cm³/mol. The van der Waals surface area contributed by atoms with Crippen molar-refractivity contribution in [3.8, 4) is 22.9 Å². The third-order valence-electron chi connectivity index (χ3n) is 3.78. The number of hydrogen-bond acceptors (Lipinski definition) is 5. The number of methoxy groups -OCH3 is 1. The molecule has 1 aromatic heterocycles. The fourth-order valence-corrected chi connectivity index (χ4v) is 2.65. The zero-order chi connectivity index (χ0) is 19.4. The van der Waals surface area contributed by atoms with Crippen molar-refractivity contribution in [2.24, 2.45) is 0 Å². The molecule has 0 amide bonds. The van der Waals surface area contributed by atoms with Crippen LogP contribution in [0.1, 0.15) is 21.6 Å². The van der Waals surface area contributed by atoms with Crippen LogP contribution in [-0.2, 0) is 0 Å². The molecule has 0 fully saturated rings. The molecule has 6 nitrogen and oxygen atoms in total. The summed E-state index contributed by atoms with van der Waals surface area (Å²) in [4.78, 5) is 20.0. The second-order valence-corrected chi connectivity index (χ2v) is 5.96. The zero-order valence-electron chi connectivity index (χ0n) is 14.3. The lowest BCUT2D eigenvalue weighted by molar-refractivity contribution is 0.0695. The Balaban J connectivity index is 2.03. The second-order valence-electron chi connectivity index (χ2n) is 5.55. The number of rotatable bonds is 5. The Labute approximate surface area is 160 Å². The summed E-state index contributed by atoms with van der Waals surface area (Å²) >= 11 is 5.98. The van der Waals surface area contributed by atoms with E-state index in [-0.39, 0.29) is 27.8 Å². The molecule has 3 rings (SSSR count). The van der Waals surface area contributed by atoms with E-state index in [1.54, 1.807) is 18.2 Å². The molecule has 0 unspecified atom stereocenters. The van der Waals surface area contributed by atoms with Gasteiger partial charge < -0.3 is 14.9 Å². The quantitative estimate of drug-likeness (QED) is 0.680. The van der Waals surface area contributed by atoms with Crippen LogP contribution in [0.3, 0.4) is 0 Å². The van der Waals surface area contributed by atoms with Gasteiger partial charge in [0.15, 0.2) is 17.3 Å². The molecule has 0 atom stereocenters. The molecule has 0 saturated carbocycles. The van der Waals surface area contributed by atoms with E-state index in [1.165, 1.54) is 19.4 Å². The Morgan fingerprint density at radius 3 is 2.59 bits per heavy atom. The number of aromatic hydroxyl groups is 1. The monoisotopic (exact) mass is 382 g/mol. The topological polar surface area (TPSA) is 92.5 Å². The van der Waals surface area contributed by atoms with Gasteiger partial charge in [0.2, 0.25) is 0 Å². The second kappa shape index (κ2) is 7.88. The lowest BCUT2D eigenvalue weighted by Crippen LogP contribution is -2.04. The van der Waals surface area contributed by atoms with Crippen LogP contribution < -0.4 is 4.74 Å². The highest BCUT2D eigenvalue weighted by atomic mass is 35.5. The largest absolute Gasteiger partial charge is 0.503 e. The Kier molecular flexibility index (Phi) is 5.38. The van der Waals surface area contributed by atoms with Crippen molar-refractivity contribution in [3.05, 3.63) is 70.5 Å². The van der Waals surface area contributed by atoms with Gasteiger partial charge in [0.05, 0.1) is 17.8 Å². The Hall–Kier alpha value is -3.38. The molecule has 0 spiro atoms. The maximum Gasteiger partial charge on any atom is 0.339 e. The van der Waals surface area contributed by atoms with Gasteiger partial charge in [-0.1, -0.05) is 48.0 Å². The lowest BCUT2D eigenvalue weighted by Gasteiger charge is -2.07. The number of phenolic OH excluding ortho intramolecular Hbond substituents is 1. The van der Waals surface area contributed by atoms with E-state index >= 15 is 0 Å². The Bertz CT molecular complexity index is 1020. The number of hydrogen-bond donors (Lipinski definition) is 2. The molecule has 27 heavy (non-hydrogen) atoms. The fraction of sp³-hybridized carbons (Fsp3) is 0.0500. The molecule has 2 aromatic carbocycles. The van der Waals surface area contributed by atoms with E-state index in [2.05, 4.69) is 9.97 Å². The van der Waals surface area contributed by atoms with Crippen LogP contribution in [0.15, 0.2) is 48.7 Å². The number of carboxylic acid groups (broad SMARTS) is 1. The minimum absolute atomic E-state index is 0.0252. The third kappa shape index (κ3) is 4.07. The summed E-state index contributed by atoms with van der Waals surface area (Å²) < 4.78 is 5.07. The Morgan fingerprint density at radius 1 is 1.19 bits per heavy atom. The molecule has 0 radical (unpaired) electrons. The molecule has 7 heteroatoms. The van der Waals surface area contributed by atoms with E-state index in [4.69, 9.17) is 16.3 Å². The lowest BCUT2D eigenvalue weighted by atomic mass is 10.1. The number of phenols is 1. The standard InChI is InChI=1S/C20H15ClN2O4/c1-27-17-10-12(9-15(21)18(17)24)7-8-16-14(20(25)26)11-22-19(23-16)13-5-3-2-4-6-13/h2-11,24H,1H3,(H,25,26)/b8-7+. The summed E-state index contributed by atoms with van der Waals surface area (Å²) in [5.41, 5.74) is 1.62. The van der Waals surface area contributed by atoms with Crippen LogP contribution in [0.5, 0.6) is 11.5 Å². The summed E-state index contributed by atoms with van der Waals surface area (Å²) in [5.74, 6) is -0.652. The maximum atomic E-state index is 11.5. The van der Waals surface area contributed by atoms with Crippen LogP contribution >= 0.6 is 11.6 Å². The molecule has 0 aliphatic heterocycles. The minimum Gasteiger partial charge on any atom is -0.503 e. The SMILES string of the molecule is COc1cc(/C=C/c2nc(-c3ccccc3)ncc2C(=O)O)cc(Cl)c1O. The maximum absolute atomic E-state index is 11.5. The zero-order valence-corrected chi connectivity index (χ0v) is 15.0. The van der Waals surface area contributed by atoms with Gasteiger partial charge in [-0.05, 0) is 23.8 Å². The van der Waals surface area contributed by atoms with E-state index in [0.29, 0.717) is 11.4 Å². The first-order chi connectivity index (χ1) is 13.0. The summed E-state index contributed by atoms with van der Waals surface area (Å²) in [6.45, 7) is 0. The number of aromatic carboxylic acids is 1. The number of carbonyl (C=O) groups is 1. The van der Waals surface area contributed by atoms with Crippen molar-refractivity contribution in [1.82, 2.24) is 9.97 Å². The normalized spacial score (nSPS) is 10.9. The van der Waals surface area contributed by atoms with Crippen LogP contribution in [0, 0.1) is 0 Å². The molecule has 136 valence electrons. The van der Waals surface area contributed by atoms with Gasteiger partial charge in [-0.2, -0.15) is 0 Å². The first-order valence-corrected chi connectivity index (χ1v) is 8.27. The summed E-state index contributed by atoms with van der Waals surface area (Å²) in [6, 6.07) is 12.4. The van der Waals surface area contributed by atoms with Crippen LogP contribution in [0.4, 0.5) is 0 Å². The van der Waals surface area contributed by atoms with E-state index in [9.17, 15) is 15.0 Å². The van der Waals surface area contributed by atoms with Gasteiger partial charge in [-0.15, -0.1) is 0 Å². The van der Waals surface area contributed by atoms with Gasteiger partial charge in [-0.25, -0.2) is 14.8 Å². The summed E-state index contributed by atoms with van der Waals surface area (Å²) in [7, 11) is 1.41. The van der Waals surface area contributed by atoms with Gasteiger partial charge in [0.1, 0.15) is 5.56 Å². The number of aromatic nitrogens is 2. The average Bonchev–Trinajstić information content (AvgIpc) is 2.69. The van der Waals surface area contributed by atoms with Crippen LogP contribution in [-0.4, -0.2) is 33.3 Å². The number of nitrogens with zero attached hydrogens (tertiary/aromatic N) is 2. The van der Waals surface area contributed by atoms with E-state index < -0.39 is 5.97 Å². The highest BCUT2D eigenvalue weighted by Gasteiger charge is 2.13. The number of ether oxygens (including phenoxy) is 1. The first kappa shape index (κ1) is 18.4. The smallest absolute Gasteiger partial charge is 0.339 e. The van der Waals surface area contributed by atoms with Gasteiger partial charge in [0.25, 0.3) is 0 Å². The molecular formula is C20H15ClN2O4. The van der Waals surface area contributed by atoms with Crippen LogP contribution in [0.25, 0.3) is 23.5 Å². The Morgan fingerprint density at radius 2 is 1.93 bits per heavy atom. The van der Waals surface area contributed by atoms with Crippen LogP contribution in [0.2, 0.25) is 5.02 Å². The van der Waals surface area contributed by atoms with E-state index in [0.717, 1.165) is 5.56 Å². The summed E-state index contributed by atoms with van der Waals surface area (Å²) in [5, 5.41) is 19.3. The van der Waals surface area contributed by atoms with Crippen molar-refractivity contribution >= 4 is 29.7 Å². The summed E-state index contributed by atoms with van der Waals surface area (Å²) in [6.07, 6.45) is 4.47. The molecule has 0 saturated heterocycles. The minimum atomic E-state index is -1.13. The number of benzene rings is 2. The van der Waals surface area contributed by atoms with Crippen molar-refractivity contribution in [1.29, 1.82) is 0 Å². The van der Waals surface area contributed by atoms with Gasteiger partial charge in [-0.3, -0.25) is 0 Å². The molecule has 0 bridgehead atoms. The number of halogens is 1. The fourth-order valence-electron chi connectivity index (χ4n) is 2.43. The van der Waals surface area contributed by atoms with Crippen molar-refractivity contribution < 1.29 is 19.7 Å². The van der Waals surface area contributed by atoms with E-state index in [1.807, 2.05) is 30.3 Å². The highest BCUT2D eigenvalue weighted by molar-refractivity contribution is 6.32. The molecule has 3 aromatic rings. The van der Waals surface area contributed by atoms with Gasteiger partial charge >= 0.3 is 5.97 Å². The molecule has 2 N–H and O–H groups in total. The molecule has 0 aliphatic carbocycles. The molecular weight excluding hydrogens is 368 g/mol. The average molecular weight is 383 g/mol. The highest BCUT2D eigenvalue weighted by Crippen LogP contribution is 2.35. The van der Waals surface area contributed by atoms with Crippen molar-refractivity contribution in [2.75, 3.05) is 7.11 Å². The number of carboxylic acids is 1.